The van der Waals surface area contributed by atoms with Crippen LogP contribution in [0.4, 0.5) is 15.2 Å². The maximum atomic E-state index is 13.2. The van der Waals surface area contributed by atoms with Gasteiger partial charge in [0.15, 0.2) is 5.13 Å². The van der Waals surface area contributed by atoms with E-state index in [4.69, 9.17) is 5.73 Å². The number of hydrogen-bond donors (Lipinski definition) is 2. The molecule has 0 aliphatic rings. The van der Waals surface area contributed by atoms with Gasteiger partial charge >= 0.3 is 0 Å². The van der Waals surface area contributed by atoms with Crippen LogP contribution in [-0.2, 0) is 0 Å². The zero-order chi connectivity index (χ0) is 12.4. The predicted molar refractivity (Wildman–Crippen MR) is 68.6 cm³/mol. The normalized spacial score (nSPS) is 10.2. The van der Waals surface area contributed by atoms with Crippen LogP contribution >= 0.6 is 27.3 Å². The zero-order valence-corrected chi connectivity index (χ0v) is 10.8. The summed E-state index contributed by atoms with van der Waals surface area (Å²) < 4.78 is 14.0. The number of benzene rings is 1. The van der Waals surface area contributed by atoms with Crippen molar-refractivity contribution in [1.29, 1.82) is 0 Å². The summed E-state index contributed by atoms with van der Waals surface area (Å²) in [6, 6.07) is 3.89. The van der Waals surface area contributed by atoms with Gasteiger partial charge in [0.2, 0.25) is 0 Å². The average Bonchev–Trinajstić information content (AvgIpc) is 2.68. The first-order chi connectivity index (χ1) is 8.06. The van der Waals surface area contributed by atoms with E-state index in [9.17, 15) is 9.18 Å². The molecule has 88 valence electrons. The zero-order valence-electron chi connectivity index (χ0n) is 8.41. The van der Waals surface area contributed by atoms with E-state index in [1.807, 2.05) is 0 Å². The van der Waals surface area contributed by atoms with Crippen LogP contribution in [0.2, 0.25) is 0 Å². The van der Waals surface area contributed by atoms with Crippen molar-refractivity contribution in [1.82, 2.24) is 4.98 Å². The summed E-state index contributed by atoms with van der Waals surface area (Å²) in [5.74, 6) is -1.04. The Morgan fingerprint density at radius 3 is 2.88 bits per heavy atom. The summed E-state index contributed by atoms with van der Waals surface area (Å²) >= 11 is 4.50. The molecular weight excluding hydrogens is 309 g/mol. The maximum Gasteiger partial charge on any atom is 0.257 e. The molecule has 0 unspecified atom stereocenters. The minimum atomic E-state index is -0.613. The third-order valence-electron chi connectivity index (χ3n) is 1.96. The quantitative estimate of drug-likeness (QED) is 0.837. The Kier molecular flexibility index (Phi) is 3.39. The van der Waals surface area contributed by atoms with Gasteiger partial charge in [-0.1, -0.05) is 11.3 Å². The molecule has 7 heteroatoms. The fourth-order valence-corrected chi connectivity index (χ4v) is 2.25. The number of hydrogen-bond acceptors (Lipinski definition) is 4. The predicted octanol–water partition coefficient (Wildman–Crippen LogP) is 2.88. The lowest BCUT2D eigenvalue weighted by molar-refractivity contribution is 0.102. The maximum absolute atomic E-state index is 13.2. The van der Waals surface area contributed by atoms with Crippen LogP contribution in [0.25, 0.3) is 0 Å². The van der Waals surface area contributed by atoms with Crippen molar-refractivity contribution < 1.29 is 9.18 Å². The first-order valence-electron chi connectivity index (χ1n) is 4.54. The van der Waals surface area contributed by atoms with Crippen molar-refractivity contribution in [2.45, 2.75) is 0 Å². The van der Waals surface area contributed by atoms with Crippen molar-refractivity contribution in [3.05, 3.63) is 39.6 Å². The van der Waals surface area contributed by atoms with Gasteiger partial charge in [-0.25, -0.2) is 9.37 Å². The molecule has 0 fully saturated rings. The van der Waals surface area contributed by atoms with Gasteiger partial charge in [-0.15, -0.1) is 0 Å². The monoisotopic (exact) mass is 315 g/mol. The topological polar surface area (TPSA) is 68.0 Å². The van der Waals surface area contributed by atoms with Gasteiger partial charge in [-0.2, -0.15) is 0 Å². The Bertz CT molecular complexity index is 572. The lowest BCUT2D eigenvalue weighted by atomic mass is 10.2. The molecule has 4 nitrogen and oxygen atoms in total. The van der Waals surface area contributed by atoms with Crippen LogP contribution in [0, 0.1) is 5.82 Å². The summed E-state index contributed by atoms with van der Waals surface area (Å²) in [7, 11) is 0. The van der Waals surface area contributed by atoms with E-state index < -0.39 is 11.7 Å². The van der Waals surface area contributed by atoms with Crippen molar-refractivity contribution in [3.63, 3.8) is 0 Å². The second kappa shape index (κ2) is 4.80. The van der Waals surface area contributed by atoms with E-state index in [0.29, 0.717) is 5.13 Å². The molecule has 1 amide bonds. The standard InChI is InChI=1S/C10H7BrFN3OS/c11-8-4-14-10(17-8)15-9(16)5-1-2-7(13)6(12)3-5/h1-4H,13H2,(H,14,15,16). The van der Waals surface area contributed by atoms with Crippen molar-refractivity contribution in [2.75, 3.05) is 11.1 Å². The van der Waals surface area contributed by atoms with Gasteiger partial charge in [-0.3, -0.25) is 10.1 Å². The van der Waals surface area contributed by atoms with E-state index in [2.05, 4.69) is 26.2 Å². The van der Waals surface area contributed by atoms with E-state index in [0.717, 1.165) is 9.85 Å². The van der Waals surface area contributed by atoms with Crippen molar-refractivity contribution in [2.24, 2.45) is 0 Å². The number of thiazole rings is 1. The molecule has 2 rings (SSSR count). The van der Waals surface area contributed by atoms with Gasteiger partial charge in [0, 0.05) is 5.56 Å². The summed E-state index contributed by atoms with van der Waals surface area (Å²) in [5.41, 5.74) is 5.53. The molecule has 2 aromatic rings. The molecule has 0 saturated heterocycles. The Morgan fingerprint density at radius 1 is 1.53 bits per heavy atom. The number of nitrogens with zero attached hydrogens (tertiary/aromatic N) is 1. The average molecular weight is 316 g/mol. The molecule has 0 spiro atoms. The van der Waals surface area contributed by atoms with Crippen molar-refractivity contribution >= 4 is 44.0 Å². The largest absolute Gasteiger partial charge is 0.396 e. The molecule has 0 aliphatic heterocycles. The molecule has 1 heterocycles. The van der Waals surface area contributed by atoms with Gasteiger partial charge in [-0.05, 0) is 34.1 Å². The molecule has 3 N–H and O–H groups in total. The van der Waals surface area contributed by atoms with Crippen LogP contribution in [0.15, 0.2) is 28.2 Å². The minimum Gasteiger partial charge on any atom is -0.396 e. The van der Waals surface area contributed by atoms with Gasteiger partial charge in [0.1, 0.15) is 5.82 Å². The highest BCUT2D eigenvalue weighted by Gasteiger charge is 2.10. The Hall–Kier alpha value is -1.47. The molecule has 0 aliphatic carbocycles. The Morgan fingerprint density at radius 2 is 2.29 bits per heavy atom. The highest BCUT2D eigenvalue weighted by molar-refractivity contribution is 9.11. The minimum absolute atomic E-state index is 0.0125. The fourth-order valence-electron chi connectivity index (χ4n) is 1.15. The number of carbonyl (C=O) groups excluding carboxylic acids is 1. The number of halogens is 2. The van der Waals surface area contributed by atoms with Crippen molar-refractivity contribution in [3.8, 4) is 0 Å². The number of aromatic nitrogens is 1. The molecule has 0 saturated carbocycles. The van der Waals surface area contributed by atoms with Crippen LogP contribution in [0.3, 0.4) is 0 Å². The SMILES string of the molecule is Nc1ccc(C(=O)Nc2ncc(Br)s2)cc1F. The Labute approximate surface area is 109 Å². The van der Waals surface area contributed by atoms with Gasteiger partial charge in [0.25, 0.3) is 5.91 Å². The van der Waals surface area contributed by atoms with E-state index in [-0.39, 0.29) is 11.3 Å². The van der Waals surface area contributed by atoms with Crippen LogP contribution in [0.5, 0.6) is 0 Å². The second-order valence-corrected chi connectivity index (χ2v) is 5.57. The highest BCUT2D eigenvalue weighted by atomic mass is 79.9. The molecule has 17 heavy (non-hydrogen) atoms. The Balaban J connectivity index is 2.17. The van der Waals surface area contributed by atoms with E-state index in [1.54, 1.807) is 6.20 Å². The number of anilines is 2. The number of amides is 1. The first-order valence-corrected chi connectivity index (χ1v) is 6.15. The molecule has 0 atom stereocenters. The first kappa shape index (κ1) is 12.0. The smallest absolute Gasteiger partial charge is 0.257 e. The lowest BCUT2D eigenvalue weighted by Gasteiger charge is -2.02. The molecule has 0 bridgehead atoms. The number of carbonyl (C=O) groups is 1. The molecule has 1 aromatic carbocycles. The van der Waals surface area contributed by atoms with Crippen LogP contribution in [-0.4, -0.2) is 10.9 Å². The van der Waals surface area contributed by atoms with Gasteiger partial charge < -0.3 is 5.73 Å². The molecule has 0 radical (unpaired) electrons. The highest BCUT2D eigenvalue weighted by Crippen LogP contribution is 2.23. The molecule has 1 aromatic heterocycles. The molecular formula is C10H7BrFN3OS. The summed E-state index contributed by atoms with van der Waals surface area (Å²) in [4.78, 5) is 15.7. The summed E-state index contributed by atoms with van der Waals surface area (Å²) in [5, 5.41) is 3.00. The van der Waals surface area contributed by atoms with E-state index in [1.165, 1.54) is 23.5 Å². The van der Waals surface area contributed by atoms with Crippen LogP contribution in [0.1, 0.15) is 10.4 Å². The number of nitrogens with one attached hydrogen (secondary N) is 1. The van der Waals surface area contributed by atoms with Crippen LogP contribution < -0.4 is 11.1 Å². The number of nitrogen functional groups attached to an aromatic ring is 1. The van der Waals surface area contributed by atoms with Gasteiger partial charge in [0.05, 0.1) is 15.7 Å². The fraction of sp³-hybridized carbons (Fsp3) is 0. The number of rotatable bonds is 2. The van der Waals surface area contributed by atoms with E-state index >= 15 is 0 Å². The summed E-state index contributed by atoms with van der Waals surface area (Å²) in [6.07, 6.45) is 1.57. The summed E-state index contributed by atoms with van der Waals surface area (Å²) in [6.45, 7) is 0. The number of nitrogens with two attached hydrogens (primary N) is 1. The second-order valence-electron chi connectivity index (χ2n) is 3.16. The lowest BCUT2D eigenvalue weighted by Crippen LogP contribution is -2.12. The third kappa shape index (κ3) is 2.80. The third-order valence-corrected chi connectivity index (χ3v) is 3.35.